The molecule has 1 amide bonds. The number of anilines is 1. The van der Waals surface area contributed by atoms with Gasteiger partial charge in [0.05, 0.1) is 18.1 Å². The maximum Gasteiger partial charge on any atom is 0.244 e. The van der Waals surface area contributed by atoms with Gasteiger partial charge in [-0.1, -0.05) is 41.9 Å². The van der Waals surface area contributed by atoms with Crippen LogP contribution in [0.15, 0.2) is 72.8 Å². The Balaban J connectivity index is 1.61. The number of fused-ring (bicyclic) bond motifs is 1. The van der Waals surface area contributed by atoms with Crippen molar-refractivity contribution in [3.63, 3.8) is 0 Å². The van der Waals surface area contributed by atoms with Crippen LogP contribution in [-0.4, -0.2) is 22.6 Å². The van der Waals surface area contributed by atoms with E-state index in [1.807, 2.05) is 59.2 Å². The molecule has 4 aromatic rings. The van der Waals surface area contributed by atoms with Crippen molar-refractivity contribution in [2.45, 2.75) is 13.0 Å². The first kappa shape index (κ1) is 19.0. The Morgan fingerprint density at radius 2 is 1.86 bits per heavy atom. The molecular weight excluding hydrogens is 386 g/mol. The number of para-hydroxylation sites is 2. The highest BCUT2D eigenvalue weighted by molar-refractivity contribution is 6.30. The number of halogens is 1. The molecule has 0 saturated heterocycles. The van der Waals surface area contributed by atoms with Crippen LogP contribution < -0.4 is 10.1 Å². The maximum absolute atomic E-state index is 12.7. The normalized spacial score (nSPS) is 10.8. The monoisotopic (exact) mass is 405 g/mol. The van der Waals surface area contributed by atoms with Crippen LogP contribution >= 0.6 is 11.6 Å². The number of carbonyl (C=O) groups excluding carboxylic acids is 1. The van der Waals surface area contributed by atoms with Gasteiger partial charge in [-0.3, -0.25) is 4.79 Å². The second-order valence-electron chi connectivity index (χ2n) is 6.69. The van der Waals surface area contributed by atoms with E-state index in [0.717, 1.165) is 28.2 Å². The van der Waals surface area contributed by atoms with Crippen molar-refractivity contribution in [3.05, 3.63) is 89.2 Å². The van der Waals surface area contributed by atoms with Crippen molar-refractivity contribution < 1.29 is 9.53 Å². The molecule has 1 aromatic heterocycles. The zero-order chi connectivity index (χ0) is 20.2. The van der Waals surface area contributed by atoms with Crippen LogP contribution in [0.25, 0.3) is 11.0 Å². The van der Waals surface area contributed by atoms with Crippen LogP contribution in [0.2, 0.25) is 5.02 Å². The standard InChI is InChI=1S/C23H20ClN3O2/c1-29-19-11-9-16(10-12-19)13-22-26-20-7-2-3-8-21(20)27(22)15-23(28)25-18-6-4-5-17(24)14-18/h2-12,14H,13,15H2,1H3,(H,25,28). The molecule has 0 spiro atoms. The second-order valence-corrected chi connectivity index (χ2v) is 7.12. The number of nitrogens with zero attached hydrogens (tertiary/aromatic N) is 2. The van der Waals surface area contributed by atoms with Crippen molar-refractivity contribution in [3.8, 4) is 5.75 Å². The molecule has 0 atom stereocenters. The Kier molecular flexibility index (Phi) is 5.49. The molecule has 29 heavy (non-hydrogen) atoms. The molecule has 3 aromatic carbocycles. The minimum absolute atomic E-state index is 0.133. The van der Waals surface area contributed by atoms with E-state index in [2.05, 4.69) is 5.32 Å². The van der Waals surface area contributed by atoms with Crippen molar-refractivity contribution in [2.24, 2.45) is 0 Å². The molecule has 1 heterocycles. The summed E-state index contributed by atoms with van der Waals surface area (Å²) in [6, 6.07) is 22.8. The number of rotatable bonds is 6. The van der Waals surface area contributed by atoms with Crippen molar-refractivity contribution in [1.29, 1.82) is 0 Å². The van der Waals surface area contributed by atoms with E-state index in [1.54, 1.807) is 25.3 Å². The van der Waals surface area contributed by atoms with E-state index in [9.17, 15) is 4.79 Å². The van der Waals surface area contributed by atoms with Crippen LogP contribution in [0.5, 0.6) is 5.75 Å². The Morgan fingerprint density at radius 3 is 2.62 bits per heavy atom. The molecule has 0 saturated carbocycles. The molecule has 5 nitrogen and oxygen atoms in total. The van der Waals surface area contributed by atoms with Crippen molar-refractivity contribution in [2.75, 3.05) is 12.4 Å². The predicted octanol–water partition coefficient (Wildman–Crippen LogP) is 4.93. The van der Waals surface area contributed by atoms with Crippen LogP contribution in [0, 0.1) is 0 Å². The predicted molar refractivity (Wildman–Crippen MR) is 116 cm³/mol. The highest BCUT2D eigenvalue weighted by Crippen LogP contribution is 2.21. The van der Waals surface area contributed by atoms with Crippen LogP contribution in [0.1, 0.15) is 11.4 Å². The summed E-state index contributed by atoms with van der Waals surface area (Å²) in [6.07, 6.45) is 0.614. The number of ether oxygens (including phenoxy) is 1. The third-order valence-corrected chi connectivity index (χ3v) is 4.90. The number of hydrogen-bond donors (Lipinski definition) is 1. The topological polar surface area (TPSA) is 56.2 Å². The number of carbonyl (C=O) groups is 1. The average Bonchev–Trinajstić information content (AvgIpc) is 3.05. The summed E-state index contributed by atoms with van der Waals surface area (Å²) < 4.78 is 7.18. The van der Waals surface area contributed by atoms with Crippen molar-refractivity contribution in [1.82, 2.24) is 9.55 Å². The molecule has 6 heteroatoms. The molecule has 0 aliphatic rings. The number of methoxy groups -OCH3 is 1. The number of amides is 1. The third-order valence-electron chi connectivity index (χ3n) is 4.66. The zero-order valence-corrected chi connectivity index (χ0v) is 16.7. The third kappa shape index (κ3) is 4.41. The van der Waals surface area contributed by atoms with Gasteiger partial charge in [-0.15, -0.1) is 0 Å². The number of nitrogens with one attached hydrogen (secondary N) is 1. The Morgan fingerprint density at radius 1 is 1.07 bits per heavy atom. The quantitative estimate of drug-likeness (QED) is 0.495. The highest BCUT2D eigenvalue weighted by atomic mass is 35.5. The summed E-state index contributed by atoms with van der Waals surface area (Å²) in [5, 5.41) is 3.48. The largest absolute Gasteiger partial charge is 0.497 e. The van der Waals surface area contributed by atoms with Gasteiger partial charge in [0.1, 0.15) is 18.1 Å². The van der Waals surface area contributed by atoms with E-state index in [1.165, 1.54) is 0 Å². The summed E-state index contributed by atoms with van der Waals surface area (Å²) in [5.41, 5.74) is 3.56. The molecule has 0 radical (unpaired) electrons. The van der Waals surface area contributed by atoms with Crippen LogP contribution in [0.4, 0.5) is 5.69 Å². The molecular formula is C23H20ClN3O2. The summed E-state index contributed by atoms with van der Waals surface area (Å²) in [5.74, 6) is 1.51. The molecule has 0 fully saturated rings. The van der Waals surface area contributed by atoms with Gasteiger partial charge in [-0.2, -0.15) is 0 Å². The van der Waals surface area contributed by atoms with Crippen LogP contribution in [-0.2, 0) is 17.8 Å². The molecule has 0 bridgehead atoms. The minimum Gasteiger partial charge on any atom is -0.497 e. The van der Waals surface area contributed by atoms with E-state index in [0.29, 0.717) is 17.1 Å². The molecule has 146 valence electrons. The summed E-state index contributed by atoms with van der Waals surface area (Å²) >= 11 is 6.01. The summed E-state index contributed by atoms with van der Waals surface area (Å²) in [4.78, 5) is 17.5. The summed E-state index contributed by atoms with van der Waals surface area (Å²) in [7, 11) is 1.65. The smallest absolute Gasteiger partial charge is 0.244 e. The van der Waals surface area contributed by atoms with Gasteiger partial charge < -0.3 is 14.6 Å². The number of imidazole rings is 1. The van der Waals surface area contributed by atoms with Gasteiger partial charge >= 0.3 is 0 Å². The van der Waals surface area contributed by atoms with E-state index < -0.39 is 0 Å². The molecule has 1 N–H and O–H groups in total. The van der Waals surface area contributed by atoms with Crippen molar-refractivity contribution >= 4 is 34.2 Å². The number of aromatic nitrogens is 2. The minimum atomic E-state index is -0.133. The van der Waals surface area contributed by atoms with Gasteiger partial charge in [0, 0.05) is 17.1 Å². The lowest BCUT2D eigenvalue weighted by atomic mass is 10.1. The number of hydrogen-bond acceptors (Lipinski definition) is 3. The second kappa shape index (κ2) is 8.37. The van der Waals surface area contributed by atoms with Gasteiger partial charge in [0.25, 0.3) is 0 Å². The first-order valence-electron chi connectivity index (χ1n) is 9.25. The summed E-state index contributed by atoms with van der Waals surface area (Å²) in [6.45, 7) is 0.165. The van der Waals surface area contributed by atoms with Gasteiger partial charge in [0.15, 0.2) is 0 Å². The Hall–Kier alpha value is -3.31. The maximum atomic E-state index is 12.7. The molecule has 4 rings (SSSR count). The lowest BCUT2D eigenvalue weighted by Gasteiger charge is -2.11. The lowest BCUT2D eigenvalue weighted by molar-refractivity contribution is -0.116. The van der Waals surface area contributed by atoms with Gasteiger partial charge in [0.2, 0.25) is 5.91 Å². The number of benzene rings is 3. The zero-order valence-electron chi connectivity index (χ0n) is 15.9. The van der Waals surface area contributed by atoms with Crippen LogP contribution in [0.3, 0.4) is 0 Å². The van der Waals surface area contributed by atoms with E-state index in [4.69, 9.17) is 21.3 Å². The lowest BCUT2D eigenvalue weighted by Crippen LogP contribution is -2.20. The molecule has 0 unspecified atom stereocenters. The fraction of sp³-hybridized carbons (Fsp3) is 0.130. The fourth-order valence-corrected chi connectivity index (χ4v) is 3.46. The van der Waals surface area contributed by atoms with E-state index >= 15 is 0 Å². The first-order valence-corrected chi connectivity index (χ1v) is 9.62. The van der Waals surface area contributed by atoms with Gasteiger partial charge in [-0.25, -0.2) is 4.98 Å². The average molecular weight is 406 g/mol. The highest BCUT2D eigenvalue weighted by Gasteiger charge is 2.14. The van der Waals surface area contributed by atoms with E-state index in [-0.39, 0.29) is 12.5 Å². The molecule has 0 aliphatic carbocycles. The Labute approximate surface area is 173 Å². The Bertz CT molecular complexity index is 1150. The SMILES string of the molecule is COc1ccc(Cc2nc3ccccc3n2CC(=O)Nc2cccc(Cl)c2)cc1. The van der Waals surface area contributed by atoms with Gasteiger partial charge in [-0.05, 0) is 48.0 Å². The first-order chi connectivity index (χ1) is 14.1. The molecule has 0 aliphatic heterocycles. The fourth-order valence-electron chi connectivity index (χ4n) is 3.27.